The normalized spacial score (nSPS) is 13.1. The summed E-state index contributed by atoms with van der Waals surface area (Å²) in [5.41, 5.74) is 2.67. The van der Waals surface area contributed by atoms with Gasteiger partial charge in [-0.2, -0.15) is 0 Å². The molecule has 5 nitrogen and oxygen atoms in total. The van der Waals surface area contributed by atoms with E-state index in [4.69, 9.17) is 16.3 Å². The van der Waals surface area contributed by atoms with Gasteiger partial charge in [-0.1, -0.05) is 42.8 Å². The molecule has 0 spiro atoms. The van der Waals surface area contributed by atoms with E-state index in [0.717, 1.165) is 24.0 Å². The fourth-order valence-electron chi connectivity index (χ4n) is 3.06. The zero-order chi connectivity index (χ0) is 21.2. The van der Waals surface area contributed by atoms with Crippen LogP contribution in [0.2, 0.25) is 5.02 Å². The van der Waals surface area contributed by atoms with Crippen LogP contribution in [-0.2, 0) is 11.2 Å². The Labute approximate surface area is 178 Å². The maximum absolute atomic E-state index is 12.4. The molecule has 0 fully saturated rings. The number of hydrogen-bond donors (Lipinski definition) is 2. The molecular weight excluding hydrogens is 388 g/mol. The van der Waals surface area contributed by atoms with Gasteiger partial charge in [-0.3, -0.25) is 4.79 Å². The van der Waals surface area contributed by atoms with E-state index in [1.807, 2.05) is 36.4 Å². The summed E-state index contributed by atoms with van der Waals surface area (Å²) in [6, 6.07) is 15.2. The van der Waals surface area contributed by atoms with Crippen molar-refractivity contribution in [2.45, 2.75) is 31.9 Å². The van der Waals surface area contributed by atoms with Gasteiger partial charge >= 0.3 is 0 Å². The first-order chi connectivity index (χ1) is 13.9. The molecule has 2 rings (SSSR count). The van der Waals surface area contributed by atoms with Gasteiger partial charge in [-0.15, -0.1) is 0 Å². The topological polar surface area (TPSA) is 61.8 Å². The minimum Gasteiger partial charge on any atom is -0.387 e. The fraction of sp³-hybridized carbons (Fsp3) is 0.435. The summed E-state index contributed by atoms with van der Waals surface area (Å²) in [5, 5.41) is 14.5. The van der Waals surface area contributed by atoms with Crippen molar-refractivity contribution in [1.82, 2.24) is 10.2 Å². The van der Waals surface area contributed by atoms with Crippen LogP contribution in [-0.4, -0.2) is 55.8 Å². The van der Waals surface area contributed by atoms with E-state index in [1.54, 1.807) is 31.2 Å². The summed E-state index contributed by atoms with van der Waals surface area (Å²) in [6.45, 7) is 3.68. The van der Waals surface area contributed by atoms with Crippen LogP contribution in [0.15, 0.2) is 48.5 Å². The molecule has 0 aliphatic heterocycles. The van der Waals surface area contributed by atoms with Gasteiger partial charge in [-0.25, -0.2) is 0 Å². The molecule has 2 aromatic rings. The van der Waals surface area contributed by atoms with E-state index in [1.165, 1.54) is 0 Å². The molecule has 0 saturated heterocycles. The van der Waals surface area contributed by atoms with Crippen molar-refractivity contribution in [1.29, 1.82) is 0 Å². The third kappa shape index (κ3) is 7.44. The molecule has 2 atom stereocenters. The Morgan fingerprint density at radius 3 is 2.41 bits per heavy atom. The molecule has 0 aliphatic rings. The second-order valence-corrected chi connectivity index (χ2v) is 7.64. The van der Waals surface area contributed by atoms with Gasteiger partial charge in [-0.05, 0) is 48.2 Å². The number of halogens is 1. The minimum atomic E-state index is -0.580. The summed E-state index contributed by atoms with van der Waals surface area (Å²) >= 11 is 5.90. The SMILES string of the molecule is CC[C@@H](Cc1ccc(C(=O)N(C)CCOC)cc1)NC[C@H](O)c1ccc(Cl)cc1. The number of hydrogen-bond acceptors (Lipinski definition) is 4. The standard InChI is InChI=1S/C23H31ClN2O3/c1-4-21(25-16-22(27)18-9-11-20(24)12-10-18)15-17-5-7-19(8-6-17)23(28)26(2)13-14-29-3/h5-12,21-22,25,27H,4,13-16H2,1-3H3/t21-,22-/m0/s1. The lowest BCUT2D eigenvalue weighted by molar-refractivity contribution is 0.0744. The van der Waals surface area contributed by atoms with Gasteiger partial charge in [0, 0.05) is 43.9 Å². The lowest BCUT2D eigenvalue weighted by Gasteiger charge is -2.20. The second-order valence-electron chi connectivity index (χ2n) is 7.20. The number of methoxy groups -OCH3 is 1. The lowest BCUT2D eigenvalue weighted by Crippen LogP contribution is -2.34. The zero-order valence-electron chi connectivity index (χ0n) is 17.4. The highest BCUT2D eigenvalue weighted by Crippen LogP contribution is 2.17. The summed E-state index contributed by atoms with van der Waals surface area (Å²) in [4.78, 5) is 14.1. The van der Waals surface area contributed by atoms with E-state index in [0.29, 0.717) is 30.3 Å². The van der Waals surface area contributed by atoms with Crippen molar-refractivity contribution in [2.75, 3.05) is 33.9 Å². The molecule has 1 amide bonds. The summed E-state index contributed by atoms with van der Waals surface area (Å²) in [7, 11) is 3.40. The molecule has 0 aliphatic carbocycles. The van der Waals surface area contributed by atoms with Gasteiger partial charge in [0.05, 0.1) is 12.7 Å². The third-order valence-electron chi connectivity index (χ3n) is 5.01. The molecule has 0 heterocycles. The maximum atomic E-state index is 12.4. The number of ether oxygens (including phenoxy) is 1. The van der Waals surface area contributed by atoms with E-state index >= 15 is 0 Å². The van der Waals surface area contributed by atoms with Crippen LogP contribution in [0.4, 0.5) is 0 Å². The first kappa shape index (κ1) is 23.4. The molecule has 29 heavy (non-hydrogen) atoms. The number of benzene rings is 2. The van der Waals surface area contributed by atoms with Crippen LogP contribution >= 0.6 is 11.6 Å². The summed E-state index contributed by atoms with van der Waals surface area (Å²) in [6.07, 6.45) is 1.19. The Morgan fingerprint density at radius 1 is 1.17 bits per heavy atom. The third-order valence-corrected chi connectivity index (χ3v) is 5.26. The molecule has 2 N–H and O–H groups in total. The molecular formula is C23H31ClN2O3. The highest BCUT2D eigenvalue weighted by molar-refractivity contribution is 6.30. The van der Waals surface area contributed by atoms with E-state index in [9.17, 15) is 9.90 Å². The quantitative estimate of drug-likeness (QED) is 0.584. The van der Waals surface area contributed by atoms with Crippen LogP contribution in [0.5, 0.6) is 0 Å². The van der Waals surface area contributed by atoms with Gasteiger partial charge in [0.25, 0.3) is 5.91 Å². The molecule has 0 unspecified atom stereocenters. The van der Waals surface area contributed by atoms with Crippen molar-refractivity contribution < 1.29 is 14.6 Å². The molecule has 0 aromatic heterocycles. The average molecular weight is 419 g/mol. The minimum absolute atomic E-state index is 0.00940. The number of aliphatic hydroxyl groups excluding tert-OH is 1. The number of likely N-dealkylation sites (N-methyl/N-ethyl adjacent to an activating group) is 1. The van der Waals surface area contributed by atoms with Gasteiger partial charge in [0.15, 0.2) is 0 Å². The van der Waals surface area contributed by atoms with Crippen molar-refractivity contribution in [3.8, 4) is 0 Å². The largest absolute Gasteiger partial charge is 0.387 e. The zero-order valence-corrected chi connectivity index (χ0v) is 18.2. The van der Waals surface area contributed by atoms with Crippen molar-refractivity contribution in [3.05, 3.63) is 70.2 Å². The fourth-order valence-corrected chi connectivity index (χ4v) is 3.19. The average Bonchev–Trinajstić information content (AvgIpc) is 2.75. The first-order valence-electron chi connectivity index (χ1n) is 9.94. The number of rotatable bonds is 11. The summed E-state index contributed by atoms with van der Waals surface area (Å²) in [5.74, 6) is -0.00940. The maximum Gasteiger partial charge on any atom is 0.253 e. The molecule has 0 radical (unpaired) electrons. The molecule has 0 bridgehead atoms. The predicted molar refractivity (Wildman–Crippen MR) is 117 cm³/mol. The van der Waals surface area contributed by atoms with E-state index in [2.05, 4.69) is 12.2 Å². The lowest BCUT2D eigenvalue weighted by atomic mass is 10.0. The van der Waals surface area contributed by atoms with Crippen molar-refractivity contribution in [3.63, 3.8) is 0 Å². The first-order valence-corrected chi connectivity index (χ1v) is 10.3. The summed E-state index contributed by atoms with van der Waals surface area (Å²) < 4.78 is 5.02. The molecule has 158 valence electrons. The Morgan fingerprint density at radius 2 is 1.83 bits per heavy atom. The van der Waals surface area contributed by atoms with Crippen LogP contribution < -0.4 is 5.32 Å². The van der Waals surface area contributed by atoms with Crippen molar-refractivity contribution >= 4 is 17.5 Å². The predicted octanol–water partition coefficient (Wildman–Crippen LogP) is 3.70. The van der Waals surface area contributed by atoms with Crippen LogP contribution in [0.1, 0.15) is 40.9 Å². The smallest absolute Gasteiger partial charge is 0.253 e. The Kier molecular flexibility index (Phi) is 9.61. The van der Waals surface area contributed by atoms with Crippen molar-refractivity contribution in [2.24, 2.45) is 0 Å². The Hall–Kier alpha value is -1.92. The highest BCUT2D eigenvalue weighted by atomic mass is 35.5. The van der Waals surface area contributed by atoms with Gasteiger partial charge < -0.3 is 20.1 Å². The number of nitrogens with zero attached hydrogens (tertiary/aromatic N) is 1. The van der Waals surface area contributed by atoms with E-state index in [-0.39, 0.29) is 11.9 Å². The molecule has 2 aromatic carbocycles. The van der Waals surface area contributed by atoms with Gasteiger partial charge in [0.2, 0.25) is 0 Å². The number of carbonyl (C=O) groups excluding carboxylic acids is 1. The number of amides is 1. The Bertz CT molecular complexity index is 750. The Balaban J connectivity index is 1.88. The number of nitrogens with one attached hydrogen (secondary N) is 1. The van der Waals surface area contributed by atoms with Gasteiger partial charge in [0.1, 0.15) is 0 Å². The van der Waals surface area contributed by atoms with Crippen LogP contribution in [0.25, 0.3) is 0 Å². The number of aliphatic hydroxyl groups is 1. The molecule has 6 heteroatoms. The highest BCUT2D eigenvalue weighted by Gasteiger charge is 2.14. The molecule has 0 saturated carbocycles. The second kappa shape index (κ2) is 11.9. The number of carbonyl (C=O) groups is 1. The van der Waals surface area contributed by atoms with Crippen LogP contribution in [0.3, 0.4) is 0 Å². The van der Waals surface area contributed by atoms with Crippen LogP contribution in [0, 0.1) is 0 Å². The monoisotopic (exact) mass is 418 g/mol. The van der Waals surface area contributed by atoms with E-state index < -0.39 is 6.10 Å².